The highest BCUT2D eigenvalue weighted by molar-refractivity contribution is 7.11. The van der Waals surface area contributed by atoms with Crippen LogP contribution in [-0.4, -0.2) is 4.98 Å². The third kappa shape index (κ3) is 3.83. The highest BCUT2D eigenvalue weighted by atomic mass is 32.1. The van der Waals surface area contributed by atoms with Gasteiger partial charge in [0.2, 0.25) is 0 Å². The molecule has 0 saturated heterocycles. The largest absolute Gasteiger partial charge is 0.486 e. The molecule has 1 aromatic heterocycles. The molecule has 1 atom stereocenters. The third-order valence-corrected chi connectivity index (χ3v) is 4.64. The minimum atomic E-state index is 0.0246. The molecule has 1 heterocycles. The van der Waals surface area contributed by atoms with Crippen molar-refractivity contribution in [3.63, 3.8) is 0 Å². The molecule has 0 aliphatic carbocycles. The van der Waals surface area contributed by atoms with E-state index in [4.69, 9.17) is 15.5 Å². The van der Waals surface area contributed by atoms with Crippen molar-refractivity contribution in [2.24, 2.45) is 5.73 Å². The molecule has 0 fully saturated rings. The molecule has 0 amide bonds. The zero-order valence-corrected chi connectivity index (χ0v) is 14.0. The summed E-state index contributed by atoms with van der Waals surface area (Å²) in [5, 5.41) is 0.997. The predicted molar refractivity (Wildman–Crippen MR) is 89.0 cm³/mol. The third-order valence-electron chi connectivity index (χ3n) is 3.39. The molecule has 0 radical (unpaired) electrons. The molecule has 2 aromatic rings. The lowest BCUT2D eigenvalue weighted by Gasteiger charge is -2.08. The Morgan fingerprint density at radius 3 is 2.52 bits per heavy atom. The molecule has 4 heteroatoms. The van der Waals surface area contributed by atoms with Crippen LogP contribution in [0.3, 0.4) is 0 Å². The van der Waals surface area contributed by atoms with Crippen LogP contribution in [0.1, 0.15) is 60.8 Å². The van der Waals surface area contributed by atoms with Gasteiger partial charge in [-0.25, -0.2) is 4.98 Å². The summed E-state index contributed by atoms with van der Waals surface area (Å²) in [6, 6.07) is 8.19. The molecule has 0 bridgehead atoms. The molecule has 1 unspecified atom stereocenters. The first-order valence-corrected chi connectivity index (χ1v) is 8.30. The van der Waals surface area contributed by atoms with Crippen molar-refractivity contribution in [2.45, 2.75) is 52.7 Å². The van der Waals surface area contributed by atoms with Gasteiger partial charge in [-0.3, -0.25) is 0 Å². The fourth-order valence-corrected chi connectivity index (χ4v) is 3.36. The molecular weight excluding hydrogens is 280 g/mol. The average Bonchev–Trinajstić information content (AvgIpc) is 2.90. The van der Waals surface area contributed by atoms with E-state index < -0.39 is 0 Å². The molecule has 1 aromatic carbocycles. The van der Waals surface area contributed by atoms with Crippen LogP contribution >= 0.6 is 11.3 Å². The lowest BCUT2D eigenvalue weighted by Crippen LogP contribution is -2.06. The van der Waals surface area contributed by atoms with Crippen LogP contribution in [0.2, 0.25) is 0 Å². The summed E-state index contributed by atoms with van der Waals surface area (Å²) in [7, 11) is 0. The number of aromatic nitrogens is 1. The summed E-state index contributed by atoms with van der Waals surface area (Å²) in [6.07, 6.45) is 0.969. The predicted octanol–water partition coefficient (Wildman–Crippen LogP) is 4.43. The molecule has 0 spiro atoms. The minimum absolute atomic E-state index is 0.0246. The van der Waals surface area contributed by atoms with E-state index in [-0.39, 0.29) is 6.04 Å². The Bertz CT molecular complexity index is 565. The summed E-state index contributed by atoms with van der Waals surface area (Å²) < 4.78 is 5.95. The van der Waals surface area contributed by atoms with Gasteiger partial charge in [0.15, 0.2) is 0 Å². The molecule has 2 N–H and O–H groups in total. The van der Waals surface area contributed by atoms with Crippen molar-refractivity contribution in [1.29, 1.82) is 0 Å². The quantitative estimate of drug-likeness (QED) is 0.859. The van der Waals surface area contributed by atoms with Crippen molar-refractivity contribution in [2.75, 3.05) is 0 Å². The number of hydrogen-bond acceptors (Lipinski definition) is 4. The second-order valence-corrected chi connectivity index (χ2v) is 6.67. The second-order valence-electron chi connectivity index (χ2n) is 5.55. The standard InChI is InChI=1S/C17H24N2OS/c1-5-13-8-6-7-9-14(13)20-10-15-19-16(11(2)3)17(21-15)12(4)18/h6-9,11-12H,5,10,18H2,1-4H3. The number of hydrogen-bond donors (Lipinski definition) is 1. The van der Waals surface area contributed by atoms with Crippen molar-refractivity contribution >= 4 is 11.3 Å². The molecule has 2 rings (SSSR count). The normalized spacial score (nSPS) is 12.7. The van der Waals surface area contributed by atoms with Crippen LogP contribution in [0.25, 0.3) is 0 Å². The van der Waals surface area contributed by atoms with E-state index in [0.29, 0.717) is 12.5 Å². The number of rotatable bonds is 6. The number of para-hydroxylation sites is 1. The number of thiazole rings is 1. The summed E-state index contributed by atoms with van der Waals surface area (Å²) in [6.45, 7) is 8.96. The fourth-order valence-electron chi connectivity index (χ4n) is 2.27. The Kier molecular flexibility index (Phi) is 5.37. The van der Waals surface area contributed by atoms with Crippen LogP contribution in [0.5, 0.6) is 5.75 Å². The van der Waals surface area contributed by atoms with Crippen LogP contribution < -0.4 is 10.5 Å². The first-order chi connectivity index (χ1) is 10.0. The van der Waals surface area contributed by atoms with Gasteiger partial charge in [-0.2, -0.15) is 0 Å². The lowest BCUT2D eigenvalue weighted by atomic mass is 10.1. The van der Waals surface area contributed by atoms with Crippen LogP contribution in [-0.2, 0) is 13.0 Å². The summed E-state index contributed by atoms with van der Waals surface area (Å²) in [5.74, 6) is 1.34. The zero-order valence-electron chi connectivity index (χ0n) is 13.2. The summed E-state index contributed by atoms with van der Waals surface area (Å²) in [5.41, 5.74) is 8.38. The first-order valence-electron chi connectivity index (χ1n) is 7.48. The Morgan fingerprint density at radius 2 is 1.95 bits per heavy atom. The van der Waals surface area contributed by atoms with Crippen LogP contribution in [0.4, 0.5) is 0 Å². The topological polar surface area (TPSA) is 48.1 Å². The second kappa shape index (κ2) is 7.05. The van der Waals surface area contributed by atoms with Gasteiger partial charge in [0.1, 0.15) is 17.4 Å². The summed E-state index contributed by atoms with van der Waals surface area (Å²) >= 11 is 1.67. The number of nitrogens with zero attached hydrogens (tertiary/aromatic N) is 1. The molecule has 3 nitrogen and oxygen atoms in total. The molecule has 0 aliphatic rings. The highest BCUT2D eigenvalue weighted by Crippen LogP contribution is 2.30. The number of aryl methyl sites for hydroxylation is 1. The van der Waals surface area contributed by atoms with E-state index in [9.17, 15) is 0 Å². The van der Waals surface area contributed by atoms with Gasteiger partial charge >= 0.3 is 0 Å². The van der Waals surface area contributed by atoms with Crippen molar-refractivity contribution in [3.05, 3.63) is 45.4 Å². The van der Waals surface area contributed by atoms with Gasteiger partial charge in [-0.15, -0.1) is 11.3 Å². The summed E-state index contributed by atoms with van der Waals surface area (Å²) in [4.78, 5) is 5.89. The van der Waals surface area contributed by atoms with E-state index in [1.807, 2.05) is 25.1 Å². The Balaban J connectivity index is 2.15. The molecule has 21 heavy (non-hydrogen) atoms. The zero-order chi connectivity index (χ0) is 15.4. The molecule has 0 aliphatic heterocycles. The van der Waals surface area contributed by atoms with E-state index >= 15 is 0 Å². The Hall–Kier alpha value is -1.39. The monoisotopic (exact) mass is 304 g/mol. The van der Waals surface area contributed by atoms with Gasteiger partial charge in [0.25, 0.3) is 0 Å². The average molecular weight is 304 g/mol. The van der Waals surface area contributed by atoms with Gasteiger partial charge in [-0.05, 0) is 30.9 Å². The molecule has 114 valence electrons. The SMILES string of the molecule is CCc1ccccc1OCc1nc(C(C)C)c(C(C)N)s1. The maximum atomic E-state index is 6.05. The van der Waals surface area contributed by atoms with Crippen molar-refractivity contribution in [3.8, 4) is 5.75 Å². The van der Waals surface area contributed by atoms with E-state index in [1.54, 1.807) is 11.3 Å². The van der Waals surface area contributed by atoms with Crippen molar-refractivity contribution in [1.82, 2.24) is 4.98 Å². The number of benzene rings is 1. The number of nitrogens with two attached hydrogens (primary N) is 1. The van der Waals surface area contributed by atoms with E-state index in [0.717, 1.165) is 22.9 Å². The maximum absolute atomic E-state index is 6.05. The highest BCUT2D eigenvalue weighted by Gasteiger charge is 2.17. The smallest absolute Gasteiger partial charge is 0.140 e. The van der Waals surface area contributed by atoms with Gasteiger partial charge in [-0.1, -0.05) is 39.0 Å². The number of ether oxygens (including phenoxy) is 1. The van der Waals surface area contributed by atoms with Crippen LogP contribution in [0.15, 0.2) is 24.3 Å². The van der Waals surface area contributed by atoms with E-state index in [2.05, 4.69) is 26.8 Å². The fraction of sp³-hybridized carbons (Fsp3) is 0.471. The first kappa shape index (κ1) is 16.0. The van der Waals surface area contributed by atoms with Gasteiger partial charge in [0.05, 0.1) is 5.69 Å². The minimum Gasteiger partial charge on any atom is -0.486 e. The van der Waals surface area contributed by atoms with Gasteiger partial charge in [0, 0.05) is 10.9 Å². The maximum Gasteiger partial charge on any atom is 0.140 e. The van der Waals surface area contributed by atoms with Crippen molar-refractivity contribution < 1.29 is 4.74 Å². The van der Waals surface area contributed by atoms with Gasteiger partial charge < -0.3 is 10.5 Å². The molecular formula is C17H24N2OS. The molecule has 0 saturated carbocycles. The lowest BCUT2D eigenvalue weighted by molar-refractivity contribution is 0.302. The van der Waals surface area contributed by atoms with Crippen LogP contribution in [0, 0.1) is 0 Å². The van der Waals surface area contributed by atoms with E-state index in [1.165, 1.54) is 10.4 Å². The Labute approximate surface area is 131 Å². The Morgan fingerprint density at radius 1 is 1.24 bits per heavy atom.